The third-order valence-electron chi connectivity index (χ3n) is 4.64. The number of fused-ring (bicyclic) bond motifs is 2. The zero-order valence-electron chi connectivity index (χ0n) is 11.7. The molecule has 106 valence electrons. The first-order chi connectivity index (χ1) is 9.78. The molecule has 20 heavy (non-hydrogen) atoms. The van der Waals surface area contributed by atoms with Crippen LogP contribution < -0.4 is 5.32 Å². The number of nitrogens with one attached hydrogen (secondary N) is 1. The van der Waals surface area contributed by atoms with Gasteiger partial charge in [0.1, 0.15) is 5.82 Å². The van der Waals surface area contributed by atoms with E-state index in [1.807, 2.05) is 11.7 Å². The minimum Gasteiger partial charge on any atom is -0.311 e. The second-order valence-electron chi connectivity index (χ2n) is 6.13. The van der Waals surface area contributed by atoms with E-state index in [9.17, 15) is 0 Å². The van der Waals surface area contributed by atoms with Crippen LogP contribution in [0.1, 0.15) is 31.5 Å². The van der Waals surface area contributed by atoms with Gasteiger partial charge in [0.15, 0.2) is 5.82 Å². The van der Waals surface area contributed by atoms with Crippen LogP contribution in [-0.4, -0.2) is 26.8 Å². The Balaban J connectivity index is 1.51. The molecule has 5 heteroatoms. The van der Waals surface area contributed by atoms with E-state index in [0.717, 1.165) is 40.9 Å². The number of thiophene rings is 1. The van der Waals surface area contributed by atoms with E-state index in [0.29, 0.717) is 0 Å². The fourth-order valence-corrected chi connectivity index (χ4v) is 4.36. The first kappa shape index (κ1) is 12.5. The molecule has 4 rings (SSSR count). The van der Waals surface area contributed by atoms with Crippen LogP contribution in [0.3, 0.4) is 0 Å². The molecule has 2 unspecified atom stereocenters. The van der Waals surface area contributed by atoms with Gasteiger partial charge in [-0.15, -0.1) is 11.3 Å². The summed E-state index contributed by atoms with van der Waals surface area (Å²) in [5.74, 6) is 2.79. The van der Waals surface area contributed by atoms with Gasteiger partial charge in [0.05, 0.1) is 4.88 Å². The molecule has 0 aromatic carbocycles. The van der Waals surface area contributed by atoms with Crippen molar-refractivity contribution in [3.63, 3.8) is 0 Å². The second kappa shape index (κ2) is 4.97. The summed E-state index contributed by atoms with van der Waals surface area (Å²) >= 11 is 1.71. The summed E-state index contributed by atoms with van der Waals surface area (Å²) in [5.41, 5.74) is 0. The number of hydrogen-bond acceptors (Lipinski definition) is 4. The minimum atomic E-state index is 0.753. The summed E-state index contributed by atoms with van der Waals surface area (Å²) in [6, 6.07) is 5.65. The maximum Gasteiger partial charge on any atom is 0.191 e. The molecular weight excluding hydrogens is 268 g/mol. The normalized spacial score (nSPS) is 28.9. The third-order valence-corrected chi connectivity index (χ3v) is 5.50. The highest BCUT2D eigenvalue weighted by molar-refractivity contribution is 7.13. The van der Waals surface area contributed by atoms with E-state index in [-0.39, 0.29) is 0 Å². The van der Waals surface area contributed by atoms with E-state index in [2.05, 4.69) is 27.9 Å². The Labute approximate surface area is 123 Å². The van der Waals surface area contributed by atoms with Crippen molar-refractivity contribution < 1.29 is 0 Å². The molecule has 1 N–H and O–H groups in total. The lowest BCUT2D eigenvalue weighted by molar-refractivity contribution is 0.293. The molecule has 2 fully saturated rings. The van der Waals surface area contributed by atoms with Gasteiger partial charge in [0.2, 0.25) is 0 Å². The van der Waals surface area contributed by atoms with Gasteiger partial charge in [-0.3, -0.25) is 4.68 Å². The Bertz CT molecular complexity index is 577. The van der Waals surface area contributed by atoms with Crippen LogP contribution in [0.25, 0.3) is 10.7 Å². The Morgan fingerprint density at radius 1 is 1.35 bits per heavy atom. The van der Waals surface area contributed by atoms with E-state index >= 15 is 0 Å². The minimum absolute atomic E-state index is 0.753. The van der Waals surface area contributed by atoms with Crippen LogP contribution in [0.4, 0.5) is 0 Å². The average molecular weight is 288 g/mol. The molecule has 0 spiro atoms. The van der Waals surface area contributed by atoms with Gasteiger partial charge in [-0.25, -0.2) is 4.98 Å². The fraction of sp³-hybridized carbons (Fsp3) is 0.600. The molecule has 2 aromatic heterocycles. The van der Waals surface area contributed by atoms with Gasteiger partial charge < -0.3 is 5.32 Å². The van der Waals surface area contributed by atoms with Crippen molar-refractivity contribution in [2.24, 2.45) is 13.0 Å². The van der Waals surface area contributed by atoms with Crippen molar-refractivity contribution in [2.45, 2.75) is 44.2 Å². The zero-order valence-corrected chi connectivity index (χ0v) is 12.6. The lowest BCUT2D eigenvalue weighted by Crippen LogP contribution is -2.38. The van der Waals surface area contributed by atoms with Crippen LogP contribution >= 0.6 is 11.3 Å². The highest BCUT2D eigenvalue weighted by atomic mass is 32.1. The number of nitrogens with zero attached hydrogens (tertiary/aromatic N) is 3. The fourth-order valence-electron chi connectivity index (χ4n) is 3.70. The molecule has 4 nitrogen and oxygen atoms in total. The Morgan fingerprint density at radius 2 is 2.15 bits per heavy atom. The smallest absolute Gasteiger partial charge is 0.191 e. The van der Waals surface area contributed by atoms with Crippen LogP contribution in [0, 0.1) is 5.92 Å². The van der Waals surface area contributed by atoms with Gasteiger partial charge in [-0.1, -0.05) is 6.07 Å². The summed E-state index contributed by atoms with van der Waals surface area (Å²) in [4.78, 5) is 5.92. The molecule has 2 saturated heterocycles. The molecule has 2 bridgehead atoms. The van der Waals surface area contributed by atoms with Crippen LogP contribution in [0.5, 0.6) is 0 Å². The highest BCUT2D eigenvalue weighted by Gasteiger charge is 2.33. The van der Waals surface area contributed by atoms with Gasteiger partial charge >= 0.3 is 0 Å². The van der Waals surface area contributed by atoms with Crippen LogP contribution in [0.2, 0.25) is 0 Å². The van der Waals surface area contributed by atoms with Crippen molar-refractivity contribution in [3.8, 4) is 10.7 Å². The summed E-state index contributed by atoms with van der Waals surface area (Å²) in [6.07, 6.45) is 6.40. The predicted molar refractivity (Wildman–Crippen MR) is 80.7 cm³/mol. The molecule has 2 aromatic rings. The topological polar surface area (TPSA) is 42.7 Å². The average Bonchev–Trinajstić information content (AvgIpc) is 3.13. The van der Waals surface area contributed by atoms with Crippen molar-refractivity contribution in [1.29, 1.82) is 0 Å². The van der Waals surface area contributed by atoms with E-state index in [1.165, 1.54) is 25.7 Å². The molecule has 2 aliphatic rings. The Morgan fingerprint density at radius 3 is 2.85 bits per heavy atom. The molecule has 0 radical (unpaired) electrons. The zero-order chi connectivity index (χ0) is 13.5. The van der Waals surface area contributed by atoms with Crippen molar-refractivity contribution in [3.05, 3.63) is 23.3 Å². The molecule has 0 amide bonds. The number of aryl methyl sites for hydroxylation is 1. The Hall–Kier alpha value is -1.20. The van der Waals surface area contributed by atoms with Crippen LogP contribution in [-0.2, 0) is 13.5 Å². The highest BCUT2D eigenvalue weighted by Crippen LogP contribution is 2.33. The summed E-state index contributed by atoms with van der Waals surface area (Å²) in [5, 5.41) is 10.4. The molecule has 0 aliphatic carbocycles. The predicted octanol–water partition coefficient (Wildman–Crippen LogP) is 2.62. The summed E-state index contributed by atoms with van der Waals surface area (Å²) in [7, 11) is 2.02. The van der Waals surface area contributed by atoms with E-state index in [4.69, 9.17) is 4.98 Å². The van der Waals surface area contributed by atoms with Crippen LogP contribution in [0.15, 0.2) is 17.5 Å². The second-order valence-corrected chi connectivity index (χ2v) is 7.08. The first-order valence-corrected chi connectivity index (χ1v) is 8.36. The van der Waals surface area contributed by atoms with Gasteiger partial charge in [-0.05, 0) is 43.0 Å². The van der Waals surface area contributed by atoms with Crippen molar-refractivity contribution in [2.75, 3.05) is 0 Å². The largest absolute Gasteiger partial charge is 0.311 e. The monoisotopic (exact) mass is 288 g/mol. The molecule has 4 heterocycles. The number of piperidine rings is 1. The third kappa shape index (κ3) is 2.29. The lowest BCUT2D eigenvalue weighted by Gasteiger charge is -2.28. The molecular formula is C15H20N4S. The SMILES string of the molecule is Cn1nc(-c2cccs2)nc1CC1CC2CCC(C1)N2. The standard InChI is InChI=1S/C15H20N4S/c1-19-14(17-15(18-19)13-3-2-6-20-13)9-10-7-11-4-5-12(8-10)16-11/h2-3,6,10-12,16H,4-5,7-9H2,1H3. The molecule has 0 saturated carbocycles. The Kier molecular flexibility index (Phi) is 3.11. The molecule has 2 aliphatic heterocycles. The van der Waals surface area contributed by atoms with Gasteiger partial charge in [0.25, 0.3) is 0 Å². The number of rotatable bonds is 3. The number of hydrogen-bond donors (Lipinski definition) is 1. The maximum atomic E-state index is 4.76. The van der Waals surface area contributed by atoms with Crippen molar-refractivity contribution in [1.82, 2.24) is 20.1 Å². The lowest BCUT2D eigenvalue weighted by atomic mass is 9.89. The summed E-state index contributed by atoms with van der Waals surface area (Å²) < 4.78 is 1.97. The van der Waals surface area contributed by atoms with Crippen molar-refractivity contribution >= 4 is 11.3 Å². The maximum absolute atomic E-state index is 4.76. The number of aromatic nitrogens is 3. The van der Waals surface area contributed by atoms with E-state index in [1.54, 1.807) is 11.3 Å². The van der Waals surface area contributed by atoms with E-state index < -0.39 is 0 Å². The molecule has 2 atom stereocenters. The quantitative estimate of drug-likeness (QED) is 0.944. The van der Waals surface area contributed by atoms with Gasteiger partial charge in [0, 0.05) is 25.6 Å². The van der Waals surface area contributed by atoms with Gasteiger partial charge in [-0.2, -0.15) is 5.10 Å². The summed E-state index contributed by atoms with van der Waals surface area (Å²) in [6.45, 7) is 0. The first-order valence-electron chi connectivity index (χ1n) is 7.48.